The molecule has 0 radical (unpaired) electrons. The summed E-state index contributed by atoms with van der Waals surface area (Å²) < 4.78 is 34.7. The zero-order valence-electron chi connectivity index (χ0n) is 16.8. The lowest BCUT2D eigenvalue weighted by Crippen LogP contribution is -2.40. The Morgan fingerprint density at radius 1 is 1.19 bits per heavy atom. The van der Waals surface area contributed by atoms with Gasteiger partial charge in [0.1, 0.15) is 5.75 Å². The van der Waals surface area contributed by atoms with Crippen LogP contribution in [0, 0.1) is 0 Å². The molecule has 0 spiro atoms. The van der Waals surface area contributed by atoms with Crippen LogP contribution in [0.15, 0.2) is 59.1 Å². The average molecular weight is 461 g/mol. The molecule has 0 unspecified atom stereocenters. The van der Waals surface area contributed by atoms with Gasteiger partial charge in [0.2, 0.25) is 0 Å². The highest BCUT2D eigenvalue weighted by Gasteiger charge is 2.36. The van der Waals surface area contributed by atoms with Crippen LogP contribution in [0.3, 0.4) is 0 Å². The van der Waals surface area contributed by atoms with Gasteiger partial charge in [-0.15, -0.1) is 0 Å². The second-order valence-electron chi connectivity index (χ2n) is 7.42. The molecule has 1 aromatic heterocycles. The molecule has 3 aromatic rings. The van der Waals surface area contributed by atoms with Crippen LogP contribution in [0.1, 0.15) is 22.5 Å². The molecule has 0 N–H and O–H groups in total. The van der Waals surface area contributed by atoms with Crippen molar-refractivity contribution in [3.63, 3.8) is 0 Å². The van der Waals surface area contributed by atoms with Gasteiger partial charge in [0, 0.05) is 29.2 Å². The van der Waals surface area contributed by atoms with E-state index < -0.39 is 15.9 Å². The van der Waals surface area contributed by atoms with Crippen molar-refractivity contribution in [2.24, 2.45) is 0 Å². The number of halogens is 1. The van der Waals surface area contributed by atoms with Crippen molar-refractivity contribution in [1.82, 2.24) is 10.1 Å². The highest BCUT2D eigenvalue weighted by Crippen LogP contribution is 2.26. The Morgan fingerprint density at radius 2 is 1.90 bits per heavy atom. The van der Waals surface area contributed by atoms with E-state index in [1.807, 2.05) is 12.1 Å². The van der Waals surface area contributed by atoms with Gasteiger partial charge >= 0.3 is 0 Å². The number of nitrogens with zero attached hydrogens (tertiary/aromatic N) is 2. The summed E-state index contributed by atoms with van der Waals surface area (Å²) in [5.74, 6) is 0.773. The molecule has 7 nitrogen and oxygen atoms in total. The van der Waals surface area contributed by atoms with Gasteiger partial charge < -0.3 is 14.2 Å². The fourth-order valence-electron chi connectivity index (χ4n) is 3.59. The van der Waals surface area contributed by atoms with Crippen LogP contribution < -0.4 is 4.74 Å². The number of hydrogen-bond donors (Lipinski definition) is 0. The molecule has 0 bridgehead atoms. The first kappa shape index (κ1) is 21.4. The highest BCUT2D eigenvalue weighted by atomic mass is 35.5. The molecule has 31 heavy (non-hydrogen) atoms. The van der Waals surface area contributed by atoms with Gasteiger partial charge in [0.05, 0.1) is 18.6 Å². The molecule has 1 aliphatic rings. The number of amides is 1. The van der Waals surface area contributed by atoms with Crippen LogP contribution >= 0.6 is 11.6 Å². The molecule has 162 valence electrons. The number of sulfone groups is 1. The van der Waals surface area contributed by atoms with E-state index in [9.17, 15) is 13.2 Å². The molecule has 4 rings (SSSR count). The van der Waals surface area contributed by atoms with Gasteiger partial charge in [-0.1, -0.05) is 28.9 Å². The van der Waals surface area contributed by atoms with Crippen molar-refractivity contribution in [3.05, 3.63) is 70.9 Å². The molecule has 1 atom stereocenters. The molecule has 1 saturated heterocycles. The third-order valence-corrected chi connectivity index (χ3v) is 7.28. The number of aromatic nitrogens is 1. The maximum Gasteiger partial charge on any atom is 0.276 e. The van der Waals surface area contributed by atoms with Crippen LogP contribution in [0.4, 0.5) is 0 Å². The number of methoxy groups -OCH3 is 1. The van der Waals surface area contributed by atoms with Crippen molar-refractivity contribution in [2.45, 2.75) is 19.0 Å². The third kappa shape index (κ3) is 4.91. The van der Waals surface area contributed by atoms with E-state index in [-0.39, 0.29) is 29.7 Å². The summed E-state index contributed by atoms with van der Waals surface area (Å²) in [5.41, 5.74) is 1.73. The largest absolute Gasteiger partial charge is 0.497 e. The molecule has 2 heterocycles. The molecular weight excluding hydrogens is 440 g/mol. The van der Waals surface area contributed by atoms with Gasteiger partial charge in [-0.2, -0.15) is 0 Å². The van der Waals surface area contributed by atoms with E-state index in [0.29, 0.717) is 23.0 Å². The Labute approximate surface area is 185 Å². The van der Waals surface area contributed by atoms with Crippen LogP contribution in [0.2, 0.25) is 5.02 Å². The van der Waals surface area contributed by atoms with E-state index in [0.717, 1.165) is 11.1 Å². The Balaban J connectivity index is 1.61. The summed E-state index contributed by atoms with van der Waals surface area (Å²) in [6, 6.07) is 15.4. The summed E-state index contributed by atoms with van der Waals surface area (Å²) in [4.78, 5) is 14.9. The zero-order chi connectivity index (χ0) is 22.0. The van der Waals surface area contributed by atoms with Crippen molar-refractivity contribution >= 4 is 27.3 Å². The highest BCUT2D eigenvalue weighted by molar-refractivity contribution is 7.91. The Hall–Kier alpha value is -2.84. The van der Waals surface area contributed by atoms with E-state index in [1.54, 1.807) is 54.5 Å². The normalized spacial score (nSPS) is 17.4. The second kappa shape index (κ2) is 8.72. The van der Waals surface area contributed by atoms with Crippen LogP contribution in [-0.4, -0.2) is 49.0 Å². The summed E-state index contributed by atoms with van der Waals surface area (Å²) in [6.45, 7) is 0.256. The number of carbonyl (C=O) groups excluding carboxylic acids is 1. The maximum absolute atomic E-state index is 13.3. The van der Waals surface area contributed by atoms with Gasteiger partial charge in [0.15, 0.2) is 21.3 Å². The summed E-state index contributed by atoms with van der Waals surface area (Å²) in [6.07, 6.45) is 0.395. The molecular formula is C22H21ClN2O5S. The van der Waals surface area contributed by atoms with E-state index >= 15 is 0 Å². The number of benzene rings is 2. The quantitative estimate of drug-likeness (QED) is 0.555. The lowest BCUT2D eigenvalue weighted by Gasteiger charge is -2.27. The van der Waals surface area contributed by atoms with Gasteiger partial charge in [-0.05, 0) is 48.4 Å². The molecule has 2 aromatic carbocycles. The first-order valence-corrected chi connectivity index (χ1v) is 11.9. The van der Waals surface area contributed by atoms with Gasteiger partial charge in [0.25, 0.3) is 5.91 Å². The predicted molar refractivity (Wildman–Crippen MR) is 117 cm³/mol. The molecule has 1 fully saturated rings. The smallest absolute Gasteiger partial charge is 0.276 e. The number of ether oxygens (including phenoxy) is 1. The van der Waals surface area contributed by atoms with Gasteiger partial charge in [-0.25, -0.2) is 8.42 Å². The molecule has 9 heteroatoms. The van der Waals surface area contributed by atoms with Crippen LogP contribution in [0.5, 0.6) is 5.75 Å². The summed E-state index contributed by atoms with van der Waals surface area (Å²) in [7, 11) is -1.59. The van der Waals surface area contributed by atoms with E-state index in [4.69, 9.17) is 20.9 Å². The lowest BCUT2D eigenvalue weighted by atomic mass is 10.1. The van der Waals surface area contributed by atoms with Crippen LogP contribution in [-0.2, 0) is 16.4 Å². The topological polar surface area (TPSA) is 89.7 Å². The van der Waals surface area contributed by atoms with Crippen molar-refractivity contribution in [2.75, 3.05) is 18.6 Å². The Bertz CT molecular complexity index is 1170. The Morgan fingerprint density at radius 3 is 2.52 bits per heavy atom. The SMILES string of the molecule is COc1ccc(CN(C(=O)c2cc(-c3ccc(Cl)cc3)on2)[C@H]2CCS(=O)(=O)C2)cc1. The first-order chi connectivity index (χ1) is 14.8. The Kier molecular flexibility index (Phi) is 6.02. The maximum atomic E-state index is 13.3. The number of carbonyl (C=O) groups is 1. The number of hydrogen-bond acceptors (Lipinski definition) is 6. The van der Waals surface area contributed by atoms with Crippen LogP contribution in [0.25, 0.3) is 11.3 Å². The van der Waals surface area contributed by atoms with Crippen molar-refractivity contribution in [3.8, 4) is 17.1 Å². The van der Waals surface area contributed by atoms with Gasteiger partial charge in [-0.3, -0.25) is 4.79 Å². The minimum absolute atomic E-state index is 0.0587. The fourth-order valence-corrected chi connectivity index (χ4v) is 5.45. The molecule has 0 saturated carbocycles. The lowest BCUT2D eigenvalue weighted by molar-refractivity contribution is 0.0670. The molecule has 1 amide bonds. The number of rotatable bonds is 6. The minimum atomic E-state index is -3.17. The third-order valence-electron chi connectivity index (χ3n) is 5.28. The fraction of sp³-hybridized carbons (Fsp3) is 0.273. The average Bonchev–Trinajstić information content (AvgIpc) is 3.39. The monoisotopic (exact) mass is 460 g/mol. The first-order valence-electron chi connectivity index (χ1n) is 9.71. The summed E-state index contributed by atoms with van der Waals surface area (Å²) >= 11 is 5.92. The van der Waals surface area contributed by atoms with Crippen molar-refractivity contribution in [1.29, 1.82) is 0 Å². The predicted octanol–water partition coefficient (Wildman–Crippen LogP) is 3.83. The standard InChI is InChI=1S/C22H21ClN2O5S/c1-29-19-8-2-15(3-9-19)13-25(18-10-11-31(27,28)14-18)22(26)20-12-21(30-24-20)16-4-6-17(23)7-5-16/h2-9,12,18H,10-11,13-14H2,1H3/t18-/m0/s1. The minimum Gasteiger partial charge on any atom is -0.497 e. The molecule has 0 aliphatic carbocycles. The molecule has 1 aliphatic heterocycles. The van der Waals surface area contributed by atoms with Crippen molar-refractivity contribution < 1.29 is 22.5 Å². The van der Waals surface area contributed by atoms with E-state index in [2.05, 4.69) is 5.16 Å². The summed E-state index contributed by atoms with van der Waals surface area (Å²) in [5, 5.41) is 4.53. The van der Waals surface area contributed by atoms with E-state index in [1.165, 1.54) is 0 Å². The zero-order valence-corrected chi connectivity index (χ0v) is 18.4. The second-order valence-corrected chi connectivity index (χ2v) is 10.1.